The van der Waals surface area contributed by atoms with Crippen molar-refractivity contribution in [2.24, 2.45) is 5.41 Å². The highest BCUT2D eigenvalue weighted by Crippen LogP contribution is 2.44. The average molecular weight is 355 g/mol. The molecule has 2 aromatic carbocycles. The van der Waals surface area contributed by atoms with E-state index in [-0.39, 0.29) is 0 Å². The standard InChI is InChI=1S/C22H27ClN2/c23-20-10-5-4-9-18(20)14-24-15-22(11-6-12-22)16-25-21-13-19(21)17-7-2-1-3-8-17/h1-5,7-10,19,21,24-25H,6,11-16H2/t19?,21-/m0/s1. The normalized spacial score (nSPS) is 23.9. The lowest BCUT2D eigenvalue weighted by Gasteiger charge is -2.42. The summed E-state index contributed by atoms with van der Waals surface area (Å²) in [5.74, 6) is 0.717. The van der Waals surface area contributed by atoms with Gasteiger partial charge in [-0.3, -0.25) is 0 Å². The number of halogens is 1. The van der Waals surface area contributed by atoms with E-state index in [1.54, 1.807) is 0 Å². The Hall–Kier alpha value is -1.35. The molecule has 0 aromatic heterocycles. The Morgan fingerprint density at radius 2 is 1.72 bits per heavy atom. The zero-order valence-electron chi connectivity index (χ0n) is 14.7. The van der Waals surface area contributed by atoms with Crippen molar-refractivity contribution in [3.05, 3.63) is 70.7 Å². The number of rotatable bonds is 8. The highest BCUT2D eigenvalue weighted by atomic mass is 35.5. The highest BCUT2D eigenvalue weighted by Gasteiger charge is 2.42. The number of hydrogen-bond acceptors (Lipinski definition) is 2. The van der Waals surface area contributed by atoms with Gasteiger partial charge in [-0.1, -0.05) is 66.6 Å². The van der Waals surface area contributed by atoms with Crippen LogP contribution in [0.5, 0.6) is 0 Å². The average Bonchev–Trinajstić information content (AvgIpc) is 3.38. The molecule has 1 unspecified atom stereocenters. The molecule has 0 amide bonds. The zero-order chi connectivity index (χ0) is 17.1. The summed E-state index contributed by atoms with van der Waals surface area (Å²) in [5, 5.41) is 8.35. The third kappa shape index (κ3) is 4.08. The fourth-order valence-electron chi connectivity index (χ4n) is 4.03. The summed E-state index contributed by atoms with van der Waals surface area (Å²) in [5.41, 5.74) is 3.11. The largest absolute Gasteiger partial charge is 0.313 e. The van der Waals surface area contributed by atoms with Gasteiger partial charge in [0, 0.05) is 36.6 Å². The van der Waals surface area contributed by atoms with Gasteiger partial charge in [0.05, 0.1) is 0 Å². The fraction of sp³-hybridized carbons (Fsp3) is 0.455. The Labute approximate surface area is 156 Å². The van der Waals surface area contributed by atoms with Gasteiger partial charge in [-0.05, 0) is 41.9 Å². The molecule has 2 aromatic rings. The lowest BCUT2D eigenvalue weighted by atomic mass is 9.68. The highest BCUT2D eigenvalue weighted by molar-refractivity contribution is 6.31. The first-order valence-electron chi connectivity index (χ1n) is 9.48. The summed E-state index contributed by atoms with van der Waals surface area (Å²) >= 11 is 6.26. The monoisotopic (exact) mass is 354 g/mol. The minimum absolute atomic E-state index is 0.436. The molecular weight excluding hydrogens is 328 g/mol. The predicted octanol–water partition coefficient (Wildman–Crippen LogP) is 4.75. The number of nitrogens with one attached hydrogen (secondary N) is 2. The van der Waals surface area contributed by atoms with Crippen LogP contribution in [0.15, 0.2) is 54.6 Å². The maximum Gasteiger partial charge on any atom is 0.0450 e. The van der Waals surface area contributed by atoms with E-state index in [2.05, 4.69) is 53.1 Å². The van der Waals surface area contributed by atoms with E-state index in [1.165, 1.54) is 36.8 Å². The molecule has 132 valence electrons. The summed E-state index contributed by atoms with van der Waals surface area (Å²) in [6.07, 6.45) is 5.31. The summed E-state index contributed by atoms with van der Waals surface area (Å²) < 4.78 is 0. The minimum Gasteiger partial charge on any atom is -0.313 e. The van der Waals surface area contributed by atoms with E-state index >= 15 is 0 Å². The van der Waals surface area contributed by atoms with Crippen LogP contribution in [-0.2, 0) is 6.54 Å². The van der Waals surface area contributed by atoms with Gasteiger partial charge in [0.2, 0.25) is 0 Å². The fourth-order valence-corrected chi connectivity index (χ4v) is 4.24. The van der Waals surface area contributed by atoms with Gasteiger partial charge in [0.1, 0.15) is 0 Å². The molecule has 4 rings (SSSR count). The second-order valence-corrected chi connectivity index (χ2v) is 8.20. The molecule has 0 spiro atoms. The zero-order valence-corrected chi connectivity index (χ0v) is 15.4. The van der Waals surface area contributed by atoms with Gasteiger partial charge in [-0.2, -0.15) is 0 Å². The molecule has 0 saturated heterocycles. The third-order valence-electron chi connectivity index (χ3n) is 5.94. The van der Waals surface area contributed by atoms with Crippen molar-refractivity contribution >= 4 is 11.6 Å². The minimum atomic E-state index is 0.436. The first-order chi connectivity index (χ1) is 12.3. The molecule has 3 heteroatoms. The van der Waals surface area contributed by atoms with Crippen LogP contribution in [0, 0.1) is 5.41 Å². The van der Waals surface area contributed by atoms with E-state index in [0.717, 1.165) is 30.6 Å². The molecule has 2 aliphatic rings. The van der Waals surface area contributed by atoms with Crippen LogP contribution >= 0.6 is 11.6 Å². The molecular formula is C22H27ClN2. The van der Waals surface area contributed by atoms with Crippen LogP contribution in [0.1, 0.15) is 42.7 Å². The van der Waals surface area contributed by atoms with Gasteiger partial charge in [0.25, 0.3) is 0 Å². The molecule has 2 fully saturated rings. The Balaban J connectivity index is 1.24. The molecule has 0 heterocycles. The summed E-state index contributed by atoms with van der Waals surface area (Å²) in [4.78, 5) is 0. The van der Waals surface area contributed by atoms with Gasteiger partial charge in [-0.25, -0.2) is 0 Å². The van der Waals surface area contributed by atoms with E-state index < -0.39 is 0 Å². The first-order valence-corrected chi connectivity index (χ1v) is 9.86. The van der Waals surface area contributed by atoms with E-state index in [9.17, 15) is 0 Å². The first kappa shape index (κ1) is 17.1. The molecule has 0 aliphatic heterocycles. The second-order valence-electron chi connectivity index (χ2n) is 7.79. The van der Waals surface area contributed by atoms with Crippen molar-refractivity contribution in [3.8, 4) is 0 Å². The summed E-state index contributed by atoms with van der Waals surface area (Å²) in [7, 11) is 0. The molecule has 2 N–H and O–H groups in total. The van der Waals surface area contributed by atoms with Crippen molar-refractivity contribution in [1.29, 1.82) is 0 Å². The summed E-state index contributed by atoms with van der Waals surface area (Å²) in [6, 6.07) is 19.7. The van der Waals surface area contributed by atoms with Crippen molar-refractivity contribution in [2.45, 2.75) is 44.2 Å². The maximum atomic E-state index is 6.26. The molecule has 2 saturated carbocycles. The molecule has 2 atom stereocenters. The van der Waals surface area contributed by atoms with E-state index in [1.807, 2.05) is 12.1 Å². The topological polar surface area (TPSA) is 24.1 Å². The Bertz CT molecular complexity index is 696. The lowest BCUT2D eigenvalue weighted by molar-refractivity contribution is 0.126. The van der Waals surface area contributed by atoms with Gasteiger partial charge in [-0.15, -0.1) is 0 Å². The molecule has 2 nitrogen and oxygen atoms in total. The van der Waals surface area contributed by atoms with Crippen molar-refractivity contribution in [2.75, 3.05) is 13.1 Å². The third-order valence-corrected chi connectivity index (χ3v) is 6.31. The van der Waals surface area contributed by atoms with Crippen LogP contribution in [0.4, 0.5) is 0 Å². The molecule has 2 aliphatic carbocycles. The van der Waals surface area contributed by atoms with Crippen LogP contribution in [0.3, 0.4) is 0 Å². The van der Waals surface area contributed by atoms with Crippen LogP contribution in [0.25, 0.3) is 0 Å². The van der Waals surface area contributed by atoms with Crippen molar-refractivity contribution in [1.82, 2.24) is 10.6 Å². The number of hydrogen-bond donors (Lipinski definition) is 2. The maximum absolute atomic E-state index is 6.26. The van der Waals surface area contributed by atoms with Crippen molar-refractivity contribution < 1.29 is 0 Å². The van der Waals surface area contributed by atoms with Crippen LogP contribution in [0.2, 0.25) is 5.02 Å². The smallest absolute Gasteiger partial charge is 0.0450 e. The van der Waals surface area contributed by atoms with Gasteiger partial charge < -0.3 is 10.6 Å². The lowest BCUT2D eigenvalue weighted by Crippen LogP contribution is -2.47. The van der Waals surface area contributed by atoms with E-state index in [0.29, 0.717) is 11.5 Å². The quantitative estimate of drug-likeness (QED) is 0.715. The van der Waals surface area contributed by atoms with Crippen LogP contribution < -0.4 is 10.6 Å². The molecule has 0 radical (unpaired) electrons. The Kier molecular flexibility index (Phi) is 5.12. The Morgan fingerprint density at radius 3 is 2.44 bits per heavy atom. The SMILES string of the molecule is Clc1ccccc1CNCC1(CN[C@H]2CC2c2ccccc2)CCC1. The Morgan fingerprint density at radius 1 is 0.960 bits per heavy atom. The van der Waals surface area contributed by atoms with Gasteiger partial charge >= 0.3 is 0 Å². The van der Waals surface area contributed by atoms with Crippen molar-refractivity contribution in [3.63, 3.8) is 0 Å². The molecule has 0 bridgehead atoms. The second kappa shape index (κ2) is 7.49. The molecule has 25 heavy (non-hydrogen) atoms. The van der Waals surface area contributed by atoms with Gasteiger partial charge in [0.15, 0.2) is 0 Å². The predicted molar refractivity (Wildman–Crippen MR) is 105 cm³/mol. The summed E-state index contributed by atoms with van der Waals surface area (Å²) in [6.45, 7) is 3.07. The van der Waals surface area contributed by atoms with Crippen LogP contribution in [-0.4, -0.2) is 19.1 Å². The number of benzene rings is 2. The van der Waals surface area contributed by atoms with E-state index in [4.69, 9.17) is 11.6 Å².